The first-order chi connectivity index (χ1) is 14.5. The predicted octanol–water partition coefficient (Wildman–Crippen LogP) is 3.57. The van der Waals surface area contributed by atoms with Crippen LogP contribution in [0.15, 0.2) is 48.5 Å². The molecule has 2 heterocycles. The fraction of sp³-hybridized carbons (Fsp3) is 0.348. The molecule has 156 valence electrons. The highest BCUT2D eigenvalue weighted by molar-refractivity contribution is 7.71. The molecule has 6 nitrogen and oxygen atoms in total. The van der Waals surface area contributed by atoms with Crippen molar-refractivity contribution in [2.75, 3.05) is 26.2 Å². The first-order valence-corrected chi connectivity index (χ1v) is 10.7. The largest absolute Gasteiger partial charge is 0.339 e. The molecule has 0 atom stereocenters. The fourth-order valence-corrected chi connectivity index (χ4v) is 4.12. The molecule has 0 aliphatic carbocycles. The van der Waals surface area contributed by atoms with Crippen LogP contribution in [0.1, 0.15) is 16.7 Å². The van der Waals surface area contributed by atoms with Gasteiger partial charge in [0.2, 0.25) is 5.91 Å². The summed E-state index contributed by atoms with van der Waals surface area (Å²) in [5.74, 6) is 0.784. The monoisotopic (exact) mass is 421 g/mol. The molecule has 0 radical (unpaired) electrons. The van der Waals surface area contributed by atoms with E-state index in [2.05, 4.69) is 52.4 Å². The zero-order valence-electron chi connectivity index (χ0n) is 17.5. The minimum atomic E-state index is 0.0802. The summed E-state index contributed by atoms with van der Waals surface area (Å²) in [6.07, 6.45) is 0. The number of rotatable bonds is 5. The smallest absolute Gasteiger partial charge is 0.242 e. The number of benzene rings is 2. The summed E-state index contributed by atoms with van der Waals surface area (Å²) in [6, 6.07) is 16.7. The lowest BCUT2D eigenvalue weighted by atomic mass is 10.1. The van der Waals surface area contributed by atoms with Crippen molar-refractivity contribution in [3.8, 4) is 11.4 Å². The second kappa shape index (κ2) is 8.93. The van der Waals surface area contributed by atoms with Crippen LogP contribution in [0.5, 0.6) is 0 Å². The van der Waals surface area contributed by atoms with Crippen LogP contribution in [0.3, 0.4) is 0 Å². The third kappa shape index (κ3) is 4.68. The number of hydrogen-bond acceptors (Lipinski definition) is 4. The quantitative estimate of drug-likeness (QED) is 0.640. The number of hydrogen-bond donors (Lipinski definition) is 1. The van der Waals surface area contributed by atoms with Gasteiger partial charge in [-0.2, -0.15) is 5.10 Å². The number of nitrogens with one attached hydrogen (secondary N) is 1. The van der Waals surface area contributed by atoms with E-state index in [-0.39, 0.29) is 12.5 Å². The van der Waals surface area contributed by atoms with Crippen LogP contribution in [0.25, 0.3) is 11.4 Å². The third-order valence-corrected chi connectivity index (χ3v) is 5.85. The lowest BCUT2D eigenvalue weighted by molar-refractivity contribution is -0.133. The zero-order valence-corrected chi connectivity index (χ0v) is 18.3. The van der Waals surface area contributed by atoms with E-state index >= 15 is 0 Å². The van der Waals surface area contributed by atoms with Gasteiger partial charge < -0.3 is 4.90 Å². The lowest BCUT2D eigenvalue weighted by Gasteiger charge is -2.35. The van der Waals surface area contributed by atoms with E-state index in [1.165, 1.54) is 11.1 Å². The molecular formula is C23H27N5OS. The van der Waals surface area contributed by atoms with E-state index in [1.807, 2.05) is 30.0 Å². The van der Waals surface area contributed by atoms with Crippen LogP contribution >= 0.6 is 12.2 Å². The summed E-state index contributed by atoms with van der Waals surface area (Å²) in [4.78, 5) is 17.3. The van der Waals surface area contributed by atoms with Crippen molar-refractivity contribution >= 4 is 18.1 Å². The Morgan fingerprint density at radius 2 is 1.73 bits per heavy atom. The molecular weight excluding hydrogens is 394 g/mol. The van der Waals surface area contributed by atoms with E-state index < -0.39 is 0 Å². The molecule has 3 aromatic rings. The summed E-state index contributed by atoms with van der Waals surface area (Å²) in [5, 5.41) is 7.20. The average Bonchev–Trinajstić information content (AvgIpc) is 3.09. The first-order valence-electron chi connectivity index (χ1n) is 10.3. The third-order valence-electron chi connectivity index (χ3n) is 5.54. The van der Waals surface area contributed by atoms with Gasteiger partial charge in [-0.15, -0.1) is 0 Å². The number of carbonyl (C=O) groups is 1. The van der Waals surface area contributed by atoms with Gasteiger partial charge in [0.15, 0.2) is 10.6 Å². The van der Waals surface area contributed by atoms with E-state index in [4.69, 9.17) is 12.2 Å². The number of carbonyl (C=O) groups excluding carboxylic acids is 1. The Bertz CT molecular complexity index is 1090. The molecule has 2 aromatic carbocycles. The van der Waals surface area contributed by atoms with Gasteiger partial charge in [0, 0.05) is 38.3 Å². The summed E-state index contributed by atoms with van der Waals surface area (Å²) >= 11 is 5.39. The highest BCUT2D eigenvalue weighted by Crippen LogP contribution is 2.19. The van der Waals surface area contributed by atoms with Crippen molar-refractivity contribution in [3.05, 3.63) is 70.0 Å². The normalized spacial score (nSPS) is 14.8. The molecule has 1 amide bonds. The summed E-state index contributed by atoms with van der Waals surface area (Å²) < 4.78 is 2.27. The van der Waals surface area contributed by atoms with Crippen LogP contribution < -0.4 is 0 Å². The minimum absolute atomic E-state index is 0.0802. The predicted molar refractivity (Wildman–Crippen MR) is 121 cm³/mol. The molecule has 30 heavy (non-hydrogen) atoms. The highest BCUT2D eigenvalue weighted by atomic mass is 32.1. The SMILES string of the molecule is Cc1cccc(CN2CCN(C(=O)Cn3c(-c4cccc(C)c4)n[nH]c3=S)CC2)c1. The topological polar surface area (TPSA) is 57.2 Å². The molecule has 1 N–H and O–H groups in total. The number of aromatic amines is 1. The van der Waals surface area contributed by atoms with Crippen LogP contribution in [0.2, 0.25) is 0 Å². The first kappa shape index (κ1) is 20.5. The van der Waals surface area contributed by atoms with Crippen molar-refractivity contribution in [2.24, 2.45) is 0 Å². The van der Waals surface area contributed by atoms with Crippen molar-refractivity contribution in [1.82, 2.24) is 24.6 Å². The van der Waals surface area contributed by atoms with Gasteiger partial charge in [-0.3, -0.25) is 19.4 Å². The molecule has 1 fully saturated rings. The number of amides is 1. The summed E-state index contributed by atoms with van der Waals surface area (Å²) in [6.45, 7) is 8.50. The number of aromatic nitrogens is 3. The second-order valence-electron chi connectivity index (χ2n) is 7.95. The second-order valence-corrected chi connectivity index (χ2v) is 8.34. The summed E-state index contributed by atoms with van der Waals surface area (Å²) in [7, 11) is 0. The minimum Gasteiger partial charge on any atom is -0.339 e. The molecule has 0 bridgehead atoms. The fourth-order valence-electron chi connectivity index (χ4n) is 3.93. The molecule has 0 spiro atoms. The summed E-state index contributed by atoms with van der Waals surface area (Å²) in [5.41, 5.74) is 4.70. The van der Waals surface area contributed by atoms with Gasteiger partial charge in [0.25, 0.3) is 0 Å². The maximum absolute atomic E-state index is 13.0. The molecule has 4 rings (SSSR count). The van der Waals surface area contributed by atoms with Gasteiger partial charge in [-0.05, 0) is 37.7 Å². The molecule has 1 aliphatic rings. The molecule has 0 unspecified atom stereocenters. The Morgan fingerprint density at radius 3 is 2.43 bits per heavy atom. The molecule has 1 aliphatic heterocycles. The van der Waals surface area contributed by atoms with Crippen molar-refractivity contribution in [1.29, 1.82) is 0 Å². The van der Waals surface area contributed by atoms with E-state index in [0.29, 0.717) is 10.6 Å². The van der Waals surface area contributed by atoms with Crippen LogP contribution in [-0.2, 0) is 17.9 Å². The van der Waals surface area contributed by atoms with Crippen molar-refractivity contribution in [2.45, 2.75) is 26.9 Å². The van der Waals surface area contributed by atoms with E-state index in [0.717, 1.165) is 43.9 Å². The Kier molecular flexibility index (Phi) is 6.11. The number of H-pyrrole nitrogens is 1. The molecule has 1 aromatic heterocycles. The van der Waals surface area contributed by atoms with Crippen molar-refractivity contribution in [3.63, 3.8) is 0 Å². The standard InChI is InChI=1S/C23H27N5OS/c1-17-5-3-7-19(13-17)15-26-9-11-27(12-10-26)21(29)16-28-22(24-25-23(28)30)20-8-4-6-18(2)14-20/h3-8,13-14H,9-12,15-16H2,1-2H3,(H,25,30). The maximum atomic E-state index is 13.0. The molecule has 7 heteroatoms. The van der Waals surface area contributed by atoms with Crippen LogP contribution in [0, 0.1) is 18.6 Å². The van der Waals surface area contributed by atoms with Gasteiger partial charge in [0.1, 0.15) is 6.54 Å². The molecule has 1 saturated heterocycles. The van der Waals surface area contributed by atoms with Gasteiger partial charge in [0.05, 0.1) is 0 Å². The number of aryl methyl sites for hydroxylation is 2. The molecule has 0 saturated carbocycles. The Labute approximate surface area is 182 Å². The highest BCUT2D eigenvalue weighted by Gasteiger charge is 2.22. The Hall–Kier alpha value is -2.77. The van der Waals surface area contributed by atoms with E-state index in [9.17, 15) is 4.79 Å². The average molecular weight is 422 g/mol. The Morgan fingerprint density at radius 1 is 1.03 bits per heavy atom. The van der Waals surface area contributed by atoms with E-state index in [1.54, 1.807) is 4.57 Å². The number of nitrogens with zero attached hydrogens (tertiary/aromatic N) is 4. The lowest BCUT2D eigenvalue weighted by Crippen LogP contribution is -2.49. The van der Waals surface area contributed by atoms with Crippen LogP contribution in [0.4, 0.5) is 0 Å². The number of piperazine rings is 1. The van der Waals surface area contributed by atoms with Crippen molar-refractivity contribution < 1.29 is 4.79 Å². The van der Waals surface area contributed by atoms with Gasteiger partial charge in [-0.25, -0.2) is 0 Å². The van der Waals surface area contributed by atoms with Gasteiger partial charge in [-0.1, -0.05) is 53.6 Å². The Balaban J connectivity index is 1.39. The van der Waals surface area contributed by atoms with Gasteiger partial charge >= 0.3 is 0 Å². The van der Waals surface area contributed by atoms with Crippen LogP contribution in [-0.4, -0.2) is 56.7 Å². The zero-order chi connectivity index (χ0) is 21.1. The maximum Gasteiger partial charge on any atom is 0.242 e.